The second kappa shape index (κ2) is 44.7. The van der Waals surface area contributed by atoms with Crippen molar-refractivity contribution in [3.8, 4) is 5.75 Å². The van der Waals surface area contributed by atoms with Crippen LogP contribution in [0, 0.1) is 0 Å². The minimum Gasteiger partial charge on any atom is -0.497 e. The van der Waals surface area contributed by atoms with Crippen LogP contribution in [0.1, 0.15) is 70.4 Å². The number of β-lactam (4-membered cyclic amide) rings is 3. The minimum absolute atomic E-state index is 0. The van der Waals surface area contributed by atoms with Crippen LogP contribution in [0.2, 0.25) is 0 Å². The number of carbonyl (C=O) groups excluding carboxylic acids is 7. The van der Waals surface area contributed by atoms with Gasteiger partial charge in [-0.1, -0.05) is 267 Å². The predicted molar refractivity (Wildman–Crippen MR) is 543 cm³/mol. The molecule has 135 heavy (non-hydrogen) atoms. The summed E-state index contributed by atoms with van der Waals surface area (Å²) in [7, 11) is 1.59. The maximum atomic E-state index is 13.9. The Hall–Kier alpha value is -13.4. The number of benzene rings is 8. The standard InChI is InChI=1S/C33H29N5O3S2.C31H22N4O2S3.C17H18N2O4S.C14H13N5O5S2.CH4.HI/c1-3-22-19-42-31-28(30(40)38(31)21(22)2)36-29(39)27(26-20-43-32(34)35-26)37-41-33(23-13-7-4-8-14-23,24-15-9-5-10-16-24)25-17-11-6-12-18-25;32-29-33-25(20-38-29)27(28(36)40-30-34-24-18-10-11-19-26(24)39-30)35-37-31(21-12-4-1-5-13-21,22-14-6-2-7-15-22)23-16-8-3-9-17-23;1-3-11-9-24-16-13(18)15(20)19(16)14(11)17(21)23-8-10-4-6-12(22-2)7-5-10;1-2-5-3-25-12-8(11(21)19(12)9(5)13(22)23)17-10(20)7(18-24)6-4-26-14(15)16-6;;/h3-18,20,28,31H,1,19H2,2H3,(H2,34,35)(H,36,39);1-20H,(H2,32,33);3-7,13,16H,1,8-9,18H2,2H3;2,4,8,12,24H,1,3H2,(H2,15,16)(H,17,20)(H,22,23);1H4;1H/b;35-27-;;18-7-;;/t28-,31-;;13-,16-;8-,12-;;/m1.11../s1. The Morgan fingerprint density at radius 3 is 1.33 bits per heavy atom. The number of carboxylic acid groups (broad SMARTS) is 1. The minimum atomic E-state index is -1.24. The molecule has 0 spiro atoms. The molecule has 10 heterocycles. The number of hydrogen-bond acceptors (Lipinski definition) is 32. The first-order valence-corrected chi connectivity index (χ1v) is 48.0. The van der Waals surface area contributed by atoms with Crippen molar-refractivity contribution in [3.63, 3.8) is 0 Å². The Kier molecular flexibility index (Phi) is 32.8. The number of carbonyl (C=O) groups is 8. The number of methoxy groups -OCH3 is 1. The topological polar surface area (TPSA) is 440 Å². The number of carboxylic acids is 1. The number of thioether (sulfide) groups is 4. The van der Waals surface area contributed by atoms with E-state index in [-0.39, 0.29) is 116 Å². The molecule has 6 atom stereocenters. The van der Waals surface area contributed by atoms with E-state index < -0.39 is 64.4 Å². The number of halogens is 1. The summed E-state index contributed by atoms with van der Waals surface area (Å²) >= 11 is 10.4. The molecule has 690 valence electrons. The van der Waals surface area contributed by atoms with Gasteiger partial charge in [-0.15, -0.1) is 105 Å². The van der Waals surface area contributed by atoms with Crippen molar-refractivity contribution in [2.75, 3.05) is 41.6 Å². The number of rotatable bonds is 27. The van der Waals surface area contributed by atoms with E-state index >= 15 is 0 Å². The van der Waals surface area contributed by atoms with Crippen LogP contribution in [-0.2, 0) is 70.6 Å². The van der Waals surface area contributed by atoms with Crippen molar-refractivity contribution in [2.24, 2.45) is 21.2 Å². The number of nitrogen functional groups attached to an aromatic ring is 3. The number of oxime groups is 3. The second-order valence-corrected chi connectivity index (χ2v) is 37.7. The average molecular weight is 2070 g/mol. The number of esters is 1. The van der Waals surface area contributed by atoms with Gasteiger partial charge >= 0.3 is 11.9 Å². The molecule has 0 aliphatic carbocycles. The lowest BCUT2D eigenvalue weighted by molar-refractivity contribution is -0.151. The van der Waals surface area contributed by atoms with Crippen molar-refractivity contribution >= 4 is 206 Å². The van der Waals surface area contributed by atoms with Gasteiger partial charge < -0.3 is 63.0 Å². The van der Waals surface area contributed by atoms with Crippen LogP contribution >= 0.6 is 116 Å². The Morgan fingerprint density at radius 1 is 0.519 bits per heavy atom. The molecule has 3 saturated heterocycles. The van der Waals surface area contributed by atoms with Crippen molar-refractivity contribution < 1.29 is 67.8 Å². The number of anilines is 3. The van der Waals surface area contributed by atoms with Gasteiger partial charge in [-0.3, -0.25) is 43.5 Å². The first kappa shape index (κ1) is 99.1. The van der Waals surface area contributed by atoms with E-state index in [0.29, 0.717) is 43.6 Å². The number of aliphatic carboxylic acids is 1. The van der Waals surface area contributed by atoms with Crippen LogP contribution in [-0.4, -0.2) is 167 Å². The fraction of sp³-hybridized carbons (Fsp3) is 0.156. The van der Waals surface area contributed by atoms with Gasteiger partial charge in [-0.25, -0.2) is 29.5 Å². The average Bonchev–Trinajstić information content (AvgIpc) is 1.24. The number of nitrogens with one attached hydrogen (secondary N) is 2. The molecule has 30 nitrogen and oxygen atoms in total. The van der Waals surface area contributed by atoms with Gasteiger partial charge in [0.05, 0.1) is 17.3 Å². The monoisotopic (exact) mass is 2070 g/mol. The van der Waals surface area contributed by atoms with E-state index in [4.69, 9.17) is 47.3 Å². The molecule has 3 fully saturated rings. The summed E-state index contributed by atoms with van der Waals surface area (Å²) in [6, 6.07) is 71.5. The molecule has 0 saturated carbocycles. The Bertz CT molecular complexity index is 6400. The highest BCUT2D eigenvalue weighted by Crippen LogP contribution is 2.47. The van der Waals surface area contributed by atoms with Gasteiger partial charge in [0.15, 0.2) is 36.9 Å². The number of allylic oxidation sites excluding steroid dienone is 4. The Labute approximate surface area is 825 Å². The third-order valence-corrected chi connectivity index (χ3v) is 29.6. The number of hydrogen-bond donors (Lipinski definition) is 8. The fourth-order valence-corrected chi connectivity index (χ4v) is 22.6. The van der Waals surface area contributed by atoms with Crippen molar-refractivity contribution in [1.29, 1.82) is 0 Å². The summed E-state index contributed by atoms with van der Waals surface area (Å²) in [4.78, 5) is 136. The highest BCUT2D eigenvalue weighted by Gasteiger charge is 2.56. The van der Waals surface area contributed by atoms with E-state index in [1.165, 1.54) is 73.9 Å². The molecule has 12 N–H and O–H groups in total. The molecule has 5 amide bonds. The molecule has 8 aromatic carbocycles. The first-order valence-electron chi connectivity index (χ1n) is 40.6. The number of thiazole rings is 4. The molecule has 0 bridgehead atoms. The van der Waals surface area contributed by atoms with Crippen molar-refractivity contribution in [2.45, 2.75) is 70.7 Å². The van der Waals surface area contributed by atoms with Gasteiger partial charge in [0.1, 0.15) is 75.1 Å². The van der Waals surface area contributed by atoms with Gasteiger partial charge in [0.25, 0.3) is 23.6 Å². The SMILES string of the molecule is C.C=CC1=C(C(=O)O)N2C(=O)[C@@H](NC(=O)/C(=N\O)c3csc(N)n3)[C@H]2SC1.C=CC1=C(C(=O)OCc2ccc(OC)cc2)N2C(=O)[C@@H](N)[C@H]2SC1.C=CC1=C(C)N2C(=O)[C@@H](NC(=O)C(=NOC(c3ccccc3)(c3ccccc3)c3ccccc3)c3csc(N)n3)[C@H]2SC1.I.Nc1nc(/C(=N/OC(c2ccccc2)(c2ccccc2)c2ccccc2)C(=O)Sc2nc3ccccc3s2)cs1. The first-order chi connectivity index (χ1) is 64.5. The van der Waals surface area contributed by atoms with Crippen LogP contribution in [0.15, 0.2) is 338 Å². The zero-order valence-electron chi connectivity index (χ0n) is 71.1. The molecular weight excluding hydrogens is 1980 g/mol. The molecule has 6 aliphatic rings. The zero-order chi connectivity index (χ0) is 93.6. The lowest BCUT2D eigenvalue weighted by Gasteiger charge is -2.49. The van der Waals surface area contributed by atoms with Gasteiger partial charge in [0, 0.05) is 72.5 Å². The normalized spacial score (nSPS) is 17.8. The van der Waals surface area contributed by atoms with E-state index in [2.05, 4.69) is 65.8 Å². The summed E-state index contributed by atoms with van der Waals surface area (Å²) in [6.45, 7) is 13.1. The van der Waals surface area contributed by atoms with E-state index in [9.17, 15) is 43.5 Å². The maximum absolute atomic E-state index is 13.9. The number of para-hydroxylation sites is 1. The van der Waals surface area contributed by atoms with E-state index in [1.54, 1.807) is 58.8 Å². The van der Waals surface area contributed by atoms with Crippen LogP contribution < -0.4 is 38.3 Å². The number of nitrogens with two attached hydrogens (primary N) is 4. The van der Waals surface area contributed by atoms with Crippen LogP contribution in [0.5, 0.6) is 5.75 Å². The molecule has 0 radical (unpaired) electrons. The van der Waals surface area contributed by atoms with Gasteiger partial charge in [-0.05, 0) is 65.2 Å². The Morgan fingerprint density at radius 2 is 0.904 bits per heavy atom. The quantitative estimate of drug-likeness (QED) is 0.00346. The largest absolute Gasteiger partial charge is 0.497 e. The summed E-state index contributed by atoms with van der Waals surface area (Å²) < 4.78 is 12.1. The molecule has 4 aromatic heterocycles. The summed E-state index contributed by atoms with van der Waals surface area (Å²) in [5.41, 5.74) is 31.0. The number of amides is 5. The predicted octanol–water partition coefficient (Wildman–Crippen LogP) is 15.2. The van der Waals surface area contributed by atoms with Gasteiger partial charge in [0.2, 0.25) is 22.2 Å². The number of aromatic nitrogens is 4. The van der Waals surface area contributed by atoms with E-state index in [0.717, 1.165) is 94.2 Å². The molecular formula is C96H87IN16O14S8. The number of ether oxygens (including phenoxy) is 2. The highest BCUT2D eigenvalue weighted by atomic mass is 127. The van der Waals surface area contributed by atoms with Crippen LogP contribution in [0.3, 0.4) is 0 Å². The van der Waals surface area contributed by atoms with Crippen LogP contribution in [0.4, 0.5) is 15.4 Å². The molecule has 6 aliphatic heterocycles. The van der Waals surface area contributed by atoms with Crippen LogP contribution in [0.25, 0.3) is 10.2 Å². The van der Waals surface area contributed by atoms with Crippen molar-refractivity contribution in [1.82, 2.24) is 45.3 Å². The summed E-state index contributed by atoms with van der Waals surface area (Å²) in [6.07, 6.45) is 4.75. The van der Waals surface area contributed by atoms with E-state index in [1.807, 2.05) is 225 Å². The number of fused-ring (bicyclic) bond motifs is 4. The highest BCUT2D eigenvalue weighted by molar-refractivity contribution is 14.0. The van der Waals surface area contributed by atoms with Crippen molar-refractivity contribution in [3.05, 3.63) is 374 Å². The lowest BCUT2D eigenvalue weighted by Crippen LogP contribution is -2.71. The molecule has 39 heteroatoms. The third kappa shape index (κ3) is 21.0. The smallest absolute Gasteiger partial charge is 0.355 e. The fourth-order valence-electron chi connectivity index (χ4n) is 15.0. The molecule has 12 aromatic rings. The maximum Gasteiger partial charge on any atom is 0.355 e. The molecule has 0 unspecified atom stereocenters. The summed E-state index contributed by atoms with van der Waals surface area (Å²) in [5, 5.41) is 40.1. The third-order valence-electron chi connectivity index (χ3n) is 21.7. The second-order valence-electron chi connectivity index (χ2n) is 29.5. The zero-order valence-corrected chi connectivity index (χ0v) is 79.9. The van der Waals surface area contributed by atoms with Gasteiger partial charge in [-0.2, -0.15) is 0 Å². The Balaban J connectivity index is 0.000000156. The summed E-state index contributed by atoms with van der Waals surface area (Å²) in [5.74, 6) is -1.82. The number of nitrogens with zero attached hydrogens (tertiary/aromatic N) is 10. The molecule has 18 rings (SSSR count). The lowest BCUT2D eigenvalue weighted by atomic mass is 9.80.